The van der Waals surface area contributed by atoms with E-state index in [9.17, 15) is 4.79 Å². The Morgan fingerprint density at radius 1 is 1.26 bits per heavy atom. The minimum Gasteiger partial charge on any atom is -0.496 e. The second-order valence-electron chi connectivity index (χ2n) is 4.98. The molecule has 1 amide bonds. The fraction of sp³-hybridized carbons (Fsp3) is 0.111. The number of nitrogens with zero attached hydrogens (tertiary/aromatic N) is 1. The highest BCUT2D eigenvalue weighted by atomic mass is 32.2. The van der Waals surface area contributed by atoms with Gasteiger partial charge in [0.2, 0.25) is 0 Å². The lowest BCUT2D eigenvalue weighted by Gasteiger charge is -2.10. The van der Waals surface area contributed by atoms with Crippen molar-refractivity contribution < 1.29 is 9.53 Å². The number of amides is 1. The highest BCUT2D eigenvalue weighted by Gasteiger charge is 2.31. The number of ether oxygens (including phenoxy) is 1. The average Bonchev–Trinajstić information content (AvgIpc) is 2.83. The molecule has 0 atom stereocenters. The molecule has 23 heavy (non-hydrogen) atoms. The first kappa shape index (κ1) is 15.8. The van der Waals surface area contributed by atoms with Crippen LogP contribution in [-0.4, -0.2) is 28.8 Å². The Morgan fingerprint density at radius 2 is 2.00 bits per heavy atom. The zero-order valence-electron chi connectivity index (χ0n) is 12.6. The van der Waals surface area contributed by atoms with Crippen molar-refractivity contribution in [2.45, 2.75) is 0 Å². The molecule has 2 aromatic carbocycles. The van der Waals surface area contributed by atoms with Gasteiger partial charge in [-0.1, -0.05) is 60.4 Å². The number of carbonyl (C=O) groups is 1. The van der Waals surface area contributed by atoms with Crippen molar-refractivity contribution in [2.24, 2.45) is 0 Å². The average molecular weight is 341 g/mol. The summed E-state index contributed by atoms with van der Waals surface area (Å²) in [5, 5.41) is 2.06. The fourth-order valence-corrected chi connectivity index (χ4v) is 3.79. The van der Waals surface area contributed by atoms with Gasteiger partial charge < -0.3 is 4.74 Å². The number of fused-ring (bicyclic) bond motifs is 1. The third-order valence-corrected chi connectivity index (χ3v) is 4.99. The third-order valence-electron chi connectivity index (χ3n) is 3.61. The van der Waals surface area contributed by atoms with E-state index in [2.05, 4.69) is 6.58 Å². The lowest BCUT2D eigenvalue weighted by atomic mass is 10.0. The van der Waals surface area contributed by atoms with Gasteiger partial charge in [-0.2, -0.15) is 0 Å². The zero-order chi connectivity index (χ0) is 16.4. The van der Waals surface area contributed by atoms with Gasteiger partial charge in [0.15, 0.2) is 0 Å². The van der Waals surface area contributed by atoms with E-state index in [4.69, 9.17) is 17.0 Å². The molecule has 5 heteroatoms. The summed E-state index contributed by atoms with van der Waals surface area (Å²) in [4.78, 5) is 14.6. The van der Waals surface area contributed by atoms with Crippen LogP contribution in [-0.2, 0) is 4.79 Å². The molecule has 0 aliphatic carbocycles. The van der Waals surface area contributed by atoms with E-state index >= 15 is 0 Å². The number of hydrogen-bond acceptors (Lipinski definition) is 4. The summed E-state index contributed by atoms with van der Waals surface area (Å²) in [6, 6.07) is 11.8. The highest BCUT2D eigenvalue weighted by molar-refractivity contribution is 8.26. The molecule has 1 heterocycles. The number of rotatable bonds is 4. The van der Waals surface area contributed by atoms with Gasteiger partial charge in [0, 0.05) is 11.9 Å². The normalized spacial score (nSPS) is 16.4. The zero-order valence-corrected chi connectivity index (χ0v) is 14.2. The van der Waals surface area contributed by atoms with Crippen molar-refractivity contribution >= 4 is 51.1 Å². The van der Waals surface area contributed by atoms with E-state index in [1.54, 1.807) is 18.1 Å². The van der Waals surface area contributed by atoms with Gasteiger partial charge in [-0.05, 0) is 23.1 Å². The van der Waals surface area contributed by atoms with Gasteiger partial charge in [0.25, 0.3) is 5.91 Å². The molecular weight excluding hydrogens is 326 g/mol. The highest BCUT2D eigenvalue weighted by Crippen LogP contribution is 2.35. The van der Waals surface area contributed by atoms with E-state index in [0.29, 0.717) is 15.8 Å². The largest absolute Gasteiger partial charge is 0.496 e. The van der Waals surface area contributed by atoms with Crippen LogP contribution < -0.4 is 4.74 Å². The maximum absolute atomic E-state index is 12.4. The number of thioether (sulfide) groups is 1. The Hall–Kier alpha value is -2.11. The number of hydrogen-bond donors (Lipinski definition) is 0. The standard InChI is InChI=1S/C18H15NO2S2/c1-3-10-19-17(20)16(23-18(19)22)11-12-8-9-15(21-2)14-7-5-4-6-13(12)14/h3-9,11H,1,10H2,2H3/b16-11-. The first-order chi connectivity index (χ1) is 11.2. The Morgan fingerprint density at radius 3 is 2.70 bits per heavy atom. The summed E-state index contributed by atoms with van der Waals surface area (Å²) in [6.07, 6.45) is 3.57. The molecule has 3 rings (SSSR count). The van der Waals surface area contributed by atoms with Crippen molar-refractivity contribution in [2.75, 3.05) is 13.7 Å². The molecule has 116 valence electrons. The topological polar surface area (TPSA) is 29.5 Å². The van der Waals surface area contributed by atoms with E-state index in [-0.39, 0.29) is 5.91 Å². The van der Waals surface area contributed by atoms with Crippen LogP contribution in [0.3, 0.4) is 0 Å². The number of thiocarbonyl (C=S) groups is 1. The monoisotopic (exact) mass is 341 g/mol. The van der Waals surface area contributed by atoms with Crippen LogP contribution in [0.1, 0.15) is 5.56 Å². The number of carbonyl (C=O) groups excluding carboxylic acids is 1. The van der Waals surface area contributed by atoms with Crippen molar-refractivity contribution in [3.8, 4) is 5.75 Å². The van der Waals surface area contributed by atoms with Gasteiger partial charge in [-0.15, -0.1) is 6.58 Å². The summed E-state index contributed by atoms with van der Waals surface area (Å²) in [5.74, 6) is 0.747. The summed E-state index contributed by atoms with van der Waals surface area (Å²) < 4.78 is 5.98. The van der Waals surface area contributed by atoms with E-state index < -0.39 is 0 Å². The van der Waals surface area contributed by atoms with Crippen LogP contribution in [0.4, 0.5) is 0 Å². The Labute approximate surface area is 144 Å². The van der Waals surface area contributed by atoms with Crippen LogP contribution in [0.5, 0.6) is 5.75 Å². The lowest BCUT2D eigenvalue weighted by Crippen LogP contribution is -2.27. The van der Waals surface area contributed by atoms with Gasteiger partial charge in [0.05, 0.1) is 12.0 Å². The third kappa shape index (κ3) is 2.90. The maximum Gasteiger partial charge on any atom is 0.266 e. The Bertz CT molecular complexity index is 842. The second-order valence-corrected chi connectivity index (χ2v) is 6.66. The predicted molar refractivity (Wildman–Crippen MR) is 101 cm³/mol. The molecule has 1 fully saturated rings. The molecule has 0 saturated carbocycles. The van der Waals surface area contributed by atoms with E-state index in [0.717, 1.165) is 22.1 Å². The van der Waals surface area contributed by atoms with Crippen LogP contribution in [0.15, 0.2) is 54.0 Å². The van der Waals surface area contributed by atoms with Crippen molar-refractivity contribution in [3.63, 3.8) is 0 Å². The molecule has 0 spiro atoms. The van der Waals surface area contributed by atoms with Crippen molar-refractivity contribution in [1.82, 2.24) is 4.90 Å². The molecule has 0 N–H and O–H groups in total. The van der Waals surface area contributed by atoms with Gasteiger partial charge in [0.1, 0.15) is 10.1 Å². The van der Waals surface area contributed by atoms with Gasteiger partial charge in [-0.3, -0.25) is 9.69 Å². The molecule has 3 nitrogen and oxygen atoms in total. The molecule has 1 aliphatic rings. The lowest BCUT2D eigenvalue weighted by molar-refractivity contribution is -0.121. The fourth-order valence-electron chi connectivity index (χ4n) is 2.53. The summed E-state index contributed by atoms with van der Waals surface area (Å²) in [6.45, 7) is 4.10. The summed E-state index contributed by atoms with van der Waals surface area (Å²) in [5.41, 5.74) is 0.973. The predicted octanol–water partition coefficient (Wildman–Crippen LogP) is 4.24. The Kier molecular flexibility index (Phi) is 4.50. The van der Waals surface area contributed by atoms with Gasteiger partial charge >= 0.3 is 0 Å². The molecule has 0 unspecified atom stereocenters. The molecule has 0 bridgehead atoms. The molecule has 1 aliphatic heterocycles. The summed E-state index contributed by atoms with van der Waals surface area (Å²) >= 11 is 6.60. The molecule has 1 saturated heterocycles. The minimum absolute atomic E-state index is 0.0696. The first-order valence-corrected chi connectivity index (χ1v) is 8.30. The Balaban J connectivity index is 2.07. The van der Waals surface area contributed by atoms with E-state index in [1.165, 1.54) is 11.8 Å². The molecule has 0 radical (unpaired) electrons. The quantitative estimate of drug-likeness (QED) is 0.473. The molecule has 0 aromatic heterocycles. The van der Waals surface area contributed by atoms with Crippen LogP contribution in [0, 0.1) is 0 Å². The van der Waals surface area contributed by atoms with E-state index in [1.807, 2.05) is 42.5 Å². The smallest absolute Gasteiger partial charge is 0.266 e. The number of benzene rings is 2. The van der Waals surface area contributed by atoms with Crippen LogP contribution in [0.25, 0.3) is 16.8 Å². The van der Waals surface area contributed by atoms with Crippen molar-refractivity contribution in [1.29, 1.82) is 0 Å². The van der Waals surface area contributed by atoms with Crippen LogP contribution in [0.2, 0.25) is 0 Å². The second kappa shape index (κ2) is 6.56. The maximum atomic E-state index is 12.4. The SMILES string of the molecule is C=CCN1C(=O)/C(=C/c2ccc(OC)c3ccccc23)SC1=S. The first-order valence-electron chi connectivity index (χ1n) is 7.07. The number of methoxy groups -OCH3 is 1. The summed E-state index contributed by atoms with van der Waals surface area (Å²) in [7, 11) is 1.65. The van der Waals surface area contributed by atoms with Crippen LogP contribution >= 0.6 is 24.0 Å². The molecular formula is C18H15NO2S2. The minimum atomic E-state index is -0.0696. The van der Waals surface area contributed by atoms with Crippen molar-refractivity contribution in [3.05, 3.63) is 59.5 Å². The van der Waals surface area contributed by atoms with Gasteiger partial charge in [-0.25, -0.2) is 0 Å². The molecule has 2 aromatic rings.